The third-order valence-corrected chi connectivity index (χ3v) is 47.8. The van der Waals surface area contributed by atoms with Gasteiger partial charge in [0, 0.05) is 24.9 Å². The highest BCUT2D eigenvalue weighted by molar-refractivity contribution is 7.39. The molecule has 138 valence electrons. The Morgan fingerprint density at radius 1 is 0.458 bits per heavy atom. The molecule has 0 aliphatic rings. The zero-order valence-corrected chi connectivity index (χ0v) is 24.5. The molecule has 0 unspecified atom stereocenters. The van der Waals surface area contributed by atoms with Crippen molar-refractivity contribution >= 4 is 64.1 Å². The van der Waals surface area contributed by atoms with Gasteiger partial charge in [0.25, 0.3) is 0 Å². The molecule has 1 heterocycles. The Kier molecular flexibility index (Phi) is 6.99. The number of aromatic nitrogens is 3. The van der Waals surface area contributed by atoms with Gasteiger partial charge < -0.3 is 0 Å². The van der Waals surface area contributed by atoms with Gasteiger partial charge >= 0.3 is 0 Å². The molecular formula is C15H39N3Si6. The number of hydrogen-bond acceptors (Lipinski definition) is 3. The highest BCUT2D eigenvalue weighted by Crippen LogP contribution is 2.10. The minimum Gasteiger partial charge on any atom is -0.230 e. The van der Waals surface area contributed by atoms with Crippen molar-refractivity contribution in [2.24, 2.45) is 0 Å². The van der Waals surface area contributed by atoms with E-state index in [0.29, 0.717) is 0 Å². The average Bonchev–Trinajstić information content (AvgIpc) is 2.46. The summed E-state index contributed by atoms with van der Waals surface area (Å²) in [5, 5.41) is 0. The lowest BCUT2D eigenvalue weighted by atomic mass is 11.0. The van der Waals surface area contributed by atoms with Gasteiger partial charge in [0.1, 0.15) is 39.1 Å². The first-order chi connectivity index (χ1) is 10.6. The first kappa shape index (κ1) is 22.4. The molecule has 1 aromatic heterocycles. The molecule has 3 nitrogen and oxygen atoms in total. The fourth-order valence-electron chi connectivity index (χ4n) is 2.02. The van der Waals surface area contributed by atoms with Crippen LogP contribution >= 0.6 is 0 Å². The number of nitrogens with zero attached hydrogens (tertiary/aromatic N) is 3. The summed E-state index contributed by atoms with van der Waals surface area (Å²) in [6.07, 6.45) is 0. The molecule has 1 aromatic rings. The molecule has 0 saturated heterocycles. The lowest BCUT2D eigenvalue weighted by Crippen LogP contribution is -2.68. The van der Waals surface area contributed by atoms with Crippen molar-refractivity contribution < 1.29 is 0 Å². The SMILES string of the molecule is C[SiH](C)[Si](C)(C)c1nc([Si](C)(C)[SiH](C)C)nc([Si](C)(C)[SiH](C)C)n1. The van der Waals surface area contributed by atoms with Crippen LogP contribution in [-0.2, 0) is 0 Å². The van der Waals surface area contributed by atoms with Gasteiger partial charge in [-0.3, -0.25) is 0 Å². The summed E-state index contributed by atoms with van der Waals surface area (Å²) in [7, 11) is -6.78. The standard InChI is InChI=1S/C15H39N3Si6/c1-19(2)22(7,8)13-16-14(23(9,10)20(3)4)18-15(17-13)24(11,12)21(5)6/h19-21H,1-12H3. The van der Waals surface area contributed by atoms with E-state index in [1.54, 1.807) is 0 Å². The van der Waals surface area contributed by atoms with Gasteiger partial charge in [-0.05, 0) is 0 Å². The van der Waals surface area contributed by atoms with Crippen LogP contribution < -0.4 is 16.3 Å². The van der Waals surface area contributed by atoms with Crippen LogP contribution in [0.25, 0.3) is 0 Å². The van der Waals surface area contributed by atoms with Crippen LogP contribution in [0.1, 0.15) is 0 Å². The predicted octanol–water partition coefficient (Wildman–Crippen LogP) is 1.31. The molecule has 0 N–H and O–H groups in total. The monoisotopic (exact) mass is 429 g/mol. The van der Waals surface area contributed by atoms with Crippen molar-refractivity contribution in [3.05, 3.63) is 0 Å². The summed E-state index contributed by atoms with van der Waals surface area (Å²) in [6, 6.07) is 0. The molecular weight excluding hydrogens is 391 g/mol. The van der Waals surface area contributed by atoms with Crippen molar-refractivity contribution in [1.82, 2.24) is 15.0 Å². The lowest BCUT2D eigenvalue weighted by molar-refractivity contribution is 1.16. The van der Waals surface area contributed by atoms with E-state index in [9.17, 15) is 0 Å². The molecule has 0 spiro atoms. The van der Waals surface area contributed by atoms with Crippen molar-refractivity contribution in [3.8, 4) is 0 Å². The zero-order valence-electron chi connectivity index (χ0n) is 18.1. The quantitative estimate of drug-likeness (QED) is 0.640. The fourth-order valence-corrected chi connectivity index (χ4v) is 12.1. The molecule has 0 aliphatic carbocycles. The van der Waals surface area contributed by atoms with Crippen LogP contribution in [0, 0.1) is 0 Å². The predicted molar refractivity (Wildman–Crippen MR) is 128 cm³/mol. The fraction of sp³-hybridized carbons (Fsp3) is 0.800. The summed E-state index contributed by atoms with van der Waals surface area (Å²) < 4.78 is 0. The summed E-state index contributed by atoms with van der Waals surface area (Å²) in [6.45, 7) is 29.9. The Balaban J connectivity index is 3.70. The van der Waals surface area contributed by atoms with E-state index < -0.39 is 47.7 Å². The summed E-state index contributed by atoms with van der Waals surface area (Å²) in [5.41, 5.74) is 3.74. The maximum atomic E-state index is 5.20. The molecule has 24 heavy (non-hydrogen) atoms. The Bertz CT molecular complexity index is 491. The second kappa shape index (κ2) is 7.51. The Morgan fingerprint density at radius 2 is 0.625 bits per heavy atom. The highest BCUT2D eigenvalue weighted by Gasteiger charge is 2.40. The van der Waals surface area contributed by atoms with Crippen molar-refractivity contribution in [2.75, 3.05) is 0 Å². The van der Waals surface area contributed by atoms with Crippen LogP contribution in [0.15, 0.2) is 0 Å². The van der Waals surface area contributed by atoms with E-state index in [4.69, 9.17) is 15.0 Å². The molecule has 0 radical (unpaired) electrons. The highest BCUT2D eigenvalue weighted by atomic mass is 29.2. The molecule has 0 saturated carbocycles. The summed E-state index contributed by atoms with van der Waals surface area (Å²) in [5.74, 6) is 0. The van der Waals surface area contributed by atoms with Gasteiger partial charge in [-0.15, -0.1) is 0 Å². The van der Waals surface area contributed by atoms with Gasteiger partial charge in [-0.2, -0.15) is 0 Å². The van der Waals surface area contributed by atoms with E-state index in [1.807, 2.05) is 0 Å². The van der Waals surface area contributed by atoms with E-state index in [-0.39, 0.29) is 0 Å². The van der Waals surface area contributed by atoms with Crippen LogP contribution in [0.5, 0.6) is 0 Å². The summed E-state index contributed by atoms with van der Waals surface area (Å²) >= 11 is 0. The van der Waals surface area contributed by atoms with Gasteiger partial charge in [0.15, 0.2) is 0 Å². The van der Waals surface area contributed by atoms with Crippen molar-refractivity contribution in [2.45, 2.75) is 78.6 Å². The minimum atomic E-state index is -1.49. The molecule has 0 atom stereocenters. The maximum absolute atomic E-state index is 5.20. The second-order valence-corrected chi connectivity index (χ2v) is 51.9. The molecule has 1 rings (SSSR count). The van der Waals surface area contributed by atoms with E-state index in [0.717, 1.165) is 0 Å². The lowest BCUT2D eigenvalue weighted by Gasteiger charge is -2.32. The van der Waals surface area contributed by atoms with Crippen molar-refractivity contribution in [3.63, 3.8) is 0 Å². The smallest absolute Gasteiger partial charge is 0.117 e. The Labute approximate surface area is 157 Å². The van der Waals surface area contributed by atoms with Gasteiger partial charge in [0.05, 0.1) is 0 Å². The van der Waals surface area contributed by atoms with Crippen LogP contribution in [0.3, 0.4) is 0 Å². The number of rotatable bonds is 6. The molecule has 0 bridgehead atoms. The van der Waals surface area contributed by atoms with Crippen LogP contribution in [-0.4, -0.2) is 62.7 Å². The van der Waals surface area contributed by atoms with Gasteiger partial charge in [0.2, 0.25) is 0 Å². The third kappa shape index (κ3) is 4.34. The zero-order chi connectivity index (χ0) is 19.1. The minimum absolute atomic E-state index is 0.765. The molecule has 9 heteroatoms. The van der Waals surface area contributed by atoms with Crippen LogP contribution in [0.4, 0.5) is 0 Å². The topological polar surface area (TPSA) is 38.7 Å². The van der Waals surface area contributed by atoms with Gasteiger partial charge in [-0.1, -0.05) is 78.6 Å². The third-order valence-electron chi connectivity index (χ3n) is 6.69. The largest absolute Gasteiger partial charge is 0.230 e. The molecule has 0 aliphatic heterocycles. The average molecular weight is 430 g/mol. The molecule has 0 fully saturated rings. The van der Waals surface area contributed by atoms with E-state index in [2.05, 4.69) is 78.6 Å². The first-order valence-corrected chi connectivity index (χ1v) is 30.8. The maximum Gasteiger partial charge on any atom is 0.117 e. The normalized spacial score (nSPS) is 14.1. The molecule has 0 amide bonds. The molecule has 0 aromatic carbocycles. The first-order valence-electron chi connectivity index (χ1n) is 9.42. The van der Waals surface area contributed by atoms with Crippen LogP contribution in [0.2, 0.25) is 78.6 Å². The van der Waals surface area contributed by atoms with E-state index >= 15 is 0 Å². The summed E-state index contributed by atoms with van der Waals surface area (Å²) in [4.78, 5) is 15.6. The van der Waals surface area contributed by atoms with Gasteiger partial charge in [-0.25, -0.2) is 15.0 Å². The van der Waals surface area contributed by atoms with Crippen molar-refractivity contribution in [1.29, 1.82) is 0 Å². The van der Waals surface area contributed by atoms with E-state index in [1.165, 1.54) is 16.3 Å². The Morgan fingerprint density at radius 3 is 0.750 bits per heavy atom. The number of hydrogen-bond donors (Lipinski definition) is 0. The second-order valence-electron chi connectivity index (χ2n) is 9.94. The Hall–Kier alpha value is 0.311.